The highest BCUT2D eigenvalue weighted by atomic mass is 32.1. The molecule has 1 saturated heterocycles. The average molecular weight is 381 g/mol. The summed E-state index contributed by atoms with van der Waals surface area (Å²) in [6.45, 7) is 7.84. The SMILES string of the molecule is CC(C)(C)OC(=O)N1CCN(c2nc(-c3ccc(F)cc3F)cs2)CC1. The van der Waals surface area contributed by atoms with Crippen molar-refractivity contribution in [1.29, 1.82) is 0 Å². The number of anilines is 1. The number of amides is 1. The van der Waals surface area contributed by atoms with Crippen LogP contribution in [0.3, 0.4) is 0 Å². The van der Waals surface area contributed by atoms with E-state index in [2.05, 4.69) is 9.88 Å². The second kappa shape index (κ2) is 7.19. The van der Waals surface area contributed by atoms with Crippen LogP contribution < -0.4 is 4.90 Å². The summed E-state index contributed by atoms with van der Waals surface area (Å²) in [6, 6.07) is 3.47. The van der Waals surface area contributed by atoms with E-state index < -0.39 is 17.2 Å². The number of hydrogen-bond donors (Lipinski definition) is 0. The number of rotatable bonds is 2. The first-order valence-electron chi connectivity index (χ1n) is 8.37. The predicted molar refractivity (Wildman–Crippen MR) is 97.5 cm³/mol. The molecule has 2 heterocycles. The first-order chi connectivity index (χ1) is 12.2. The number of benzene rings is 1. The van der Waals surface area contributed by atoms with E-state index in [1.54, 1.807) is 10.3 Å². The van der Waals surface area contributed by atoms with Crippen molar-refractivity contribution in [2.45, 2.75) is 26.4 Å². The number of nitrogens with zero attached hydrogens (tertiary/aromatic N) is 3. The molecule has 3 rings (SSSR count). The van der Waals surface area contributed by atoms with E-state index in [9.17, 15) is 13.6 Å². The normalized spacial score (nSPS) is 15.3. The maximum atomic E-state index is 13.9. The Hall–Kier alpha value is -2.22. The van der Waals surface area contributed by atoms with Crippen molar-refractivity contribution in [2.24, 2.45) is 0 Å². The van der Waals surface area contributed by atoms with Gasteiger partial charge in [0, 0.05) is 43.2 Å². The zero-order valence-corrected chi connectivity index (χ0v) is 15.8. The summed E-state index contributed by atoms with van der Waals surface area (Å²) in [5, 5.41) is 2.51. The molecule has 0 spiro atoms. The van der Waals surface area contributed by atoms with Gasteiger partial charge in [-0.15, -0.1) is 11.3 Å². The van der Waals surface area contributed by atoms with Crippen molar-refractivity contribution >= 4 is 22.6 Å². The molecular weight excluding hydrogens is 360 g/mol. The summed E-state index contributed by atoms with van der Waals surface area (Å²) in [4.78, 5) is 20.3. The molecule has 2 aromatic rings. The molecule has 0 unspecified atom stereocenters. The molecule has 0 saturated carbocycles. The molecule has 1 fully saturated rings. The average Bonchev–Trinajstić information content (AvgIpc) is 3.03. The largest absolute Gasteiger partial charge is 0.444 e. The van der Waals surface area contributed by atoms with E-state index in [-0.39, 0.29) is 11.7 Å². The summed E-state index contributed by atoms with van der Waals surface area (Å²) < 4.78 is 32.4. The molecule has 0 aliphatic carbocycles. The van der Waals surface area contributed by atoms with Gasteiger partial charge < -0.3 is 14.5 Å². The minimum absolute atomic E-state index is 0.279. The van der Waals surface area contributed by atoms with Gasteiger partial charge in [-0.1, -0.05) is 0 Å². The lowest BCUT2D eigenvalue weighted by Gasteiger charge is -2.35. The predicted octanol–water partition coefficient (Wildman–Crippen LogP) is 4.15. The van der Waals surface area contributed by atoms with Crippen LogP contribution in [0.4, 0.5) is 18.7 Å². The number of aromatic nitrogens is 1. The lowest BCUT2D eigenvalue weighted by Crippen LogP contribution is -2.50. The van der Waals surface area contributed by atoms with Crippen molar-refractivity contribution in [1.82, 2.24) is 9.88 Å². The van der Waals surface area contributed by atoms with Crippen molar-refractivity contribution < 1.29 is 18.3 Å². The second-order valence-electron chi connectivity index (χ2n) is 7.09. The van der Waals surface area contributed by atoms with Gasteiger partial charge in [0.1, 0.15) is 17.2 Å². The van der Waals surface area contributed by atoms with Gasteiger partial charge in [-0.05, 0) is 32.9 Å². The van der Waals surface area contributed by atoms with E-state index >= 15 is 0 Å². The van der Waals surface area contributed by atoms with Crippen molar-refractivity contribution in [3.63, 3.8) is 0 Å². The Morgan fingerprint density at radius 2 is 1.88 bits per heavy atom. The lowest BCUT2D eigenvalue weighted by molar-refractivity contribution is 0.0240. The Morgan fingerprint density at radius 3 is 2.50 bits per heavy atom. The Morgan fingerprint density at radius 1 is 1.19 bits per heavy atom. The molecule has 0 bridgehead atoms. The summed E-state index contributed by atoms with van der Waals surface area (Å²) in [5.41, 5.74) is 0.246. The number of ether oxygens (including phenoxy) is 1. The highest BCUT2D eigenvalue weighted by Gasteiger charge is 2.27. The molecule has 1 amide bonds. The van der Waals surface area contributed by atoms with Gasteiger partial charge in [0.2, 0.25) is 0 Å². The third-order valence-corrected chi connectivity index (χ3v) is 4.80. The Bertz CT molecular complexity index is 796. The third-order valence-electron chi connectivity index (χ3n) is 3.90. The van der Waals surface area contributed by atoms with Crippen molar-refractivity contribution in [3.05, 3.63) is 35.2 Å². The molecule has 1 aromatic carbocycles. The van der Waals surface area contributed by atoms with Crippen LogP contribution in [0.2, 0.25) is 0 Å². The van der Waals surface area contributed by atoms with Crippen molar-refractivity contribution in [2.75, 3.05) is 31.1 Å². The molecule has 1 aliphatic heterocycles. The fraction of sp³-hybridized carbons (Fsp3) is 0.444. The number of carbonyl (C=O) groups is 1. The van der Waals surface area contributed by atoms with Crippen LogP contribution >= 0.6 is 11.3 Å². The van der Waals surface area contributed by atoms with Crippen LogP contribution in [0, 0.1) is 11.6 Å². The van der Waals surface area contributed by atoms with E-state index in [4.69, 9.17) is 4.74 Å². The zero-order valence-electron chi connectivity index (χ0n) is 15.0. The topological polar surface area (TPSA) is 45.7 Å². The minimum atomic E-state index is -0.628. The Kier molecular flexibility index (Phi) is 5.13. The van der Waals surface area contributed by atoms with Gasteiger partial charge in [-0.2, -0.15) is 0 Å². The number of carbonyl (C=O) groups excluding carboxylic acids is 1. The number of thiazole rings is 1. The summed E-state index contributed by atoms with van der Waals surface area (Å²) in [7, 11) is 0. The highest BCUT2D eigenvalue weighted by Crippen LogP contribution is 2.30. The van der Waals surface area contributed by atoms with Crippen LogP contribution in [0.5, 0.6) is 0 Å². The Labute approximate surface area is 155 Å². The van der Waals surface area contributed by atoms with Crippen LogP contribution in [-0.2, 0) is 4.74 Å². The maximum Gasteiger partial charge on any atom is 0.410 e. The van der Waals surface area contributed by atoms with Crippen molar-refractivity contribution in [3.8, 4) is 11.3 Å². The van der Waals surface area contributed by atoms with Crippen LogP contribution in [0.25, 0.3) is 11.3 Å². The lowest BCUT2D eigenvalue weighted by atomic mass is 10.1. The molecule has 0 radical (unpaired) electrons. The van der Waals surface area contributed by atoms with Crippen LogP contribution in [0.15, 0.2) is 23.6 Å². The summed E-state index contributed by atoms with van der Waals surface area (Å²) in [6.07, 6.45) is -0.314. The van der Waals surface area contributed by atoms with Gasteiger partial charge in [0.25, 0.3) is 0 Å². The second-order valence-corrected chi connectivity index (χ2v) is 7.93. The van der Waals surface area contributed by atoms with E-state index in [1.165, 1.54) is 23.5 Å². The van der Waals surface area contributed by atoms with Crippen LogP contribution in [0.1, 0.15) is 20.8 Å². The van der Waals surface area contributed by atoms with E-state index in [0.717, 1.165) is 11.2 Å². The molecule has 0 atom stereocenters. The molecular formula is C18H21F2N3O2S. The van der Waals surface area contributed by atoms with Gasteiger partial charge in [-0.3, -0.25) is 0 Å². The van der Waals surface area contributed by atoms with Gasteiger partial charge >= 0.3 is 6.09 Å². The number of halogens is 2. The van der Waals surface area contributed by atoms with Crippen LogP contribution in [-0.4, -0.2) is 47.8 Å². The van der Waals surface area contributed by atoms with Gasteiger partial charge in [-0.25, -0.2) is 18.6 Å². The zero-order chi connectivity index (χ0) is 18.9. The summed E-state index contributed by atoms with van der Waals surface area (Å²) >= 11 is 1.40. The smallest absolute Gasteiger partial charge is 0.410 e. The highest BCUT2D eigenvalue weighted by molar-refractivity contribution is 7.14. The standard InChI is InChI=1S/C18H21F2N3O2S/c1-18(2,3)25-17(24)23-8-6-22(7-9-23)16-21-15(11-26-16)13-5-4-12(19)10-14(13)20/h4-5,10-11H,6-9H2,1-3H3. The molecule has 0 N–H and O–H groups in total. The van der Waals surface area contributed by atoms with E-state index in [0.29, 0.717) is 31.9 Å². The molecule has 5 nitrogen and oxygen atoms in total. The first-order valence-corrected chi connectivity index (χ1v) is 9.25. The monoisotopic (exact) mass is 381 g/mol. The fourth-order valence-corrected chi connectivity index (χ4v) is 3.52. The molecule has 26 heavy (non-hydrogen) atoms. The number of hydrogen-bond acceptors (Lipinski definition) is 5. The Balaban J connectivity index is 1.64. The fourth-order valence-electron chi connectivity index (χ4n) is 2.64. The van der Waals surface area contributed by atoms with Gasteiger partial charge in [0.05, 0.1) is 5.69 Å². The molecule has 1 aliphatic rings. The summed E-state index contributed by atoms with van der Waals surface area (Å²) in [5.74, 6) is -1.24. The number of piperazine rings is 1. The molecule has 8 heteroatoms. The third kappa shape index (κ3) is 4.30. The minimum Gasteiger partial charge on any atom is -0.444 e. The van der Waals surface area contributed by atoms with Gasteiger partial charge in [0.15, 0.2) is 5.13 Å². The molecule has 1 aromatic heterocycles. The maximum absolute atomic E-state index is 13.9. The quantitative estimate of drug-likeness (QED) is 0.784. The first kappa shape index (κ1) is 18.6. The van der Waals surface area contributed by atoms with E-state index in [1.807, 2.05) is 20.8 Å². The molecule has 140 valence electrons.